The van der Waals surface area contributed by atoms with Crippen LogP contribution in [0.3, 0.4) is 0 Å². The first kappa shape index (κ1) is 14.1. The van der Waals surface area contributed by atoms with Crippen molar-refractivity contribution < 1.29 is 13.2 Å². The van der Waals surface area contributed by atoms with Crippen molar-refractivity contribution in [2.24, 2.45) is 0 Å². The van der Waals surface area contributed by atoms with E-state index in [1.54, 1.807) is 6.92 Å². The van der Waals surface area contributed by atoms with Crippen LogP contribution in [0.2, 0.25) is 0 Å². The molecule has 0 bridgehead atoms. The van der Waals surface area contributed by atoms with Crippen LogP contribution in [0.1, 0.15) is 52.2 Å². The van der Waals surface area contributed by atoms with Crippen LogP contribution in [0.4, 0.5) is 13.2 Å². The molecule has 1 rings (SSSR count). The molecule has 0 aromatic carbocycles. The molecule has 0 radical (unpaired) electrons. The number of aromatic nitrogens is 2. The Bertz CT molecular complexity index is 385. The van der Waals surface area contributed by atoms with E-state index in [1.165, 1.54) is 10.8 Å². The van der Waals surface area contributed by atoms with Gasteiger partial charge in [-0.15, -0.1) is 0 Å². The van der Waals surface area contributed by atoms with Crippen LogP contribution in [0.15, 0.2) is 6.20 Å². The number of halogens is 3. The first-order valence-electron chi connectivity index (χ1n) is 5.61. The molecule has 0 aliphatic rings. The highest BCUT2D eigenvalue weighted by molar-refractivity contribution is 5.15. The van der Waals surface area contributed by atoms with E-state index in [2.05, 4.69) is 4.98 Å². The van der Waals surface area contributed by atoms with Gasteiger partial charge < -0.3 is 4.57 Å². The summed E-state index contributed by atoms with van der Waals surface area (Å²) in [5.41, 5.74) is -0.699. The molecule has 0 amide bonds. The van der Waals surface area contributed by atoms with Gasteiger partial charge in [-0.25, -0.2) is 9.37 Å². The Kier molecular flexibility index (Phi) is 3.60. The van der Waals surface area contributed by atoms with Crippen molar-refractivity contribution >= 4 is 0 Å². The van der Waals surface area contributed by atoms with Crippen molar-refractivity contribution in [1.82, 2.24) is 9.55 Å². The molecule has 17 heavy (non-hydrogen) atoms. The van der Waals surface area contributed by atoms with Gasteiger partial charge in [-0.1, -0.05) is 20.8 Å². The third-order valence-electron chi connectivity index (χ3n) is 2.55. The molecule has 1 atom stereocenters. The molecule has 2 nitrogen and oxygen atoms in total. The second kappa shape index (κ2) is 4.35. The van der Waals surface area contributed by atoms with Crippen LogP contribution in [0.5, 0.6) is 0 Å². The van der Waals surface area contributed by atoms with E-state index in [4.69, 9.17) is 0 Å². The minimum atomic E-state index is -3.00. The van der Waals surface area contributed by atoms with Crippen LogP contribution in [-0.4, -0.2) is 16.2 Å². The highest BCUT2D eigenvalue weighted by Gasteiger charge is 2.32. The highest BCUT2D eigenvalue weighted by atomic mass is 19.3. The van der Waals surface area contributed by atoms with E-state index in [-0.39, 0.29) is 5.69 Å². The molecule has 0 fully saturated rings. The lowest BCUT2D eigenvalue weighted by Gasteiger charge is -2.22. The fourth-order valence-corrected chi connectivity index (χ4v) is 1.57. The van der Waals surface area contributed by atoms with E-state index in [1.807, 2.05) is 20.8 Å². The van der Waals surface area contributed by atoms with Crippen molar-refractivity contribution in [3.05, 3.63) is 17.7 Å². The Balaban J connectivity index is 3.32. The normalized spacial score (nSPS) is 15.1. The van der Waals surface area contributed by atoms with Gasteiger partial charge in [-0.05, 0) is 6.92 Å². The summed E-state index contributed by atoms with van der Waals surface area (Å²) >= 11 is 0. The molecular weight excluding hydrogens is 229 g/mol. The number of rotatable bonds is 3. The predicted molar refractivity (Wildman–Crippen MR) is 61.2 cm³/mol. The maximum atomic E-state index is 13.2. The molecule has 0 saturated carbocycles. The van der Waals surface area contributed by atoms with Gasteiger partial charge in [0, 0.05) is 18.5 Å². The quantitative estimate of drug-likeness (QED) is 0.795. The van der Waals surface area contributed by atoms with Gasteiger partial charge in [-0.2, -0.15) is 8.78 Å². The Morgan fingerprint density at radius 3 is 2.18 bits per heavy atom. The molecule has 1 heterocycles. The predicted octanol–water partition coefficient (Wildman–Crippen LogP) is 3.82. The molecule has 0 aliphatic heterocycles. The molecule has 0 N–H and O–H groups in total. The summed E-state index contributed by atoms with van der Waals surface area (Å²) in [6, 6.07) is -0.479. The Morgan fingerprint density at radius 2 is 1.82 bits per heavy atom. The fourth-order valence-electron chi connectivity index (χ4n) is 1.57. The third kappa shape index (κ3) is 3.01. The number of nitrogens with zero attached hydrogens (tertiary/aromatic N) is 2. The van der Waals surface area contributed by atoms with E-state index >= 15 is 0 Å². The van der Waals surface area contributed by atoms with Gasteiger partial charge in [-0.3, -0.25) is 0 Å². The molecule has 98 valence electrons. The summed E-state index contributed by atoms with van der Waals surface area (Å²) in [6.07, 6.45) is 1.25. The number of imidazole rings is 1. The zero-order chi connectivity index (χ0) is 13.4. The fraction of sp³-hybridized carbons (Fsp3) is 0.750. The van der Waals surface area contributed by atoms with Crippen molar-refractivity contribution in [3.63, 3.8) is 0 Å². The lowest BCUT2D eigenvalue weighted by molar-refractivity contribution is 0.0129. The summed E-state index contributed by atoms with van der Waals surface area (Å²) in [7, 11) is 0. The van der Waals surface area contributed by atoms with Crippen LogP contribution >= 0.6 is 0 Å². The lowest BCUT2D eigenvalue weighted by Crippen LogP contribution is -2.21. The van der Waals surface area contributed by atoms with Crippen LogP contribution < -0.4 is 0 Å². The Morgan fingerprint density at radius 1 is 1.29 bits per heavy atom. The van der Waals surface area contributed by atoms with Gasteiger partial charge in [0.25, 0.3) is 5.92 Å². The van der Waals surface area contributed by atoms with Crippen LogP contribution in [-0.2, 0) is 11.3 Å². The zero-order valence-electron chi connectivity index (χ0n) is 10.9. The van der Waals surface area contributed by atoms with Crippen molar-refractivity contribution in [2.45, 2.75) is 52.0 Å². The van der Waals surface area contributed by atoms with Gasteiger partial charge >= 0.3 is 0 Å². The smallest absolute Gasteiger partial charge is 0.288 e. The summed E-state index contributed by atoms with van der Waals surface area (Å²) < 4.78 is 40.7. The third-order valence-corrected chi connectivity index (χ3v) is 2.55. The average molecular weight is 248 g/mol. The van der Waals surface area contributed by atoms with Gasteiger partial charge in [0.2, 0.25) is 0 Å². The molecule has 0 aliphatic carbocycles. The summed E-state index contributed by atoms with van der Waals surface area (Å²) in [4.78, 5) is 3.97. The van der Waals surface area contributed by atoms with Crippen molar-refractivity contribution in [1.29, 1.82) is 0 Å². The SMILES string of the molecule is CC(CF)n1cc(C(C)(F)F)nc1C(C)(C)C. The lowest BCUT2D eigenvalue weighted by atomic mass is 9.95. The van der Waals surface area contributed by atoms with Crippen molar-refractivity contribution in [3.8, 4) is 0 Å². The Hall–Kier alpha value is -1.00. The molecule has 0 spiro atoms. The minimum Gasteiger partial charge on any atom is -0.329 e. The topological polar surface area (TPSA) is 17.8 Å². The zero-order valence-corrected chi connectivity index (χ0v) is 10.9. The minimum absolute atomic E-state index is 0.303. The van der Waals surface area contributed by atoms with E-state index in [0.717, 1.165) is 6.92 Å². The van der Waals surface area contributed by atoms with E-state index < -0.39 is 24.1 Å². The Labute approximate surface area is 99.9 Å². The first-order valence-corrected chi connectivity index (χ1v) is 5.61. The highest BCUT2D eigenvalue weighted by Crippen LogP contribution is 2.31. The molecule has 1 aromatic heterocycles. The standard InChI is InChI=1S/C12H19F3N2/c1-8(6-13)17-7-9(12(5,14)15)16-10(17)11(2,3)4/h7-8H,6H2,1-5H3. The first-order chi connectivity index (χ1) is 7.57. The maximum Gasteiger partial charge on any atom is 0.288 e. The van der Waals surface area contributed by atoms with Gasteiger partial charge in [0.1, 0.15) is 18.2 Å². The summed E-state index contributed by atoms with van der Waals surface area (Å²) in [6.45, 7) is 7.45. The average Bonchev–Trinajstić information content (AvgIpc) is 2.59. The maximum absolute atomic E-state index is 13.2. The second-order valence-corrected chi connectivity index (χ2v) is 5.50. The summed E-state index contributed by atoms with van der Waals surface area (Å²) in [5, 5.41) is 0. The molecular formula is C12H19F3N2. The molecule has 1 unspecified atom stereocenters. The number of hydrogen-bond donors (Lipinski definition) is 0. The number of hydrogen-bond acceptors (Lipinski definition) is 1. The second-order valence-electron chi connectivity index (χ2n) is 5.50. The molecule has 0 saturated heterocycles. The molecule has 1 aromatic rings. The van der Waals surface area contributed by atoms with Gasteiger partial charge in [0.15, 0.2) is 0 Å². The van der Waals surface area contributed by atoms with Crippen molar-refractivity contribution in [2.75, 3.05) is 6.67 Å². The van der Waals surface area contributed by atoms with Crippen LogP contribution in [0, 0.1) is 0 Å². The van der Waals surface area contributed by atoms with Gasteiger partial charge in [0.05, 0.1) is 6.04 Å². The van der Waals surface area contributed by atoms with E-state index in [9.17, 15) is 13.2 Å². The summed E-state index contributed by atoms with van der Waals surface area (Å²) in [5.74, 6) is -2.51. The monoisotopic (exact) mass is 248 g/mol. The number of alkyl halides is 3. The van der Waals surface area contributed by atoms with Crippen LogP contribution in [0.25, 0.3) is 0 Å². The molecule has 5 heteroatoms. The largest absolute Gasteiger partial charge is 0.329 e. The van der Waals surface area contributed by atoms with E-state index in [0.29, 0.717) is 5.82 Å².